The maximum Gasteiger partial charge on any atom is 0.335 e. The van der Waals surface area contributed by atoms with Crippen molar-refractivity contribution in [3.63, 3.8) is 0 Å². The van der Waals surface area contributed by atoms with Gasteiger partial charge in [-0.15, -0.1) is 0 Å². The van der Waals surface area contributed by atoms with Gasteiger partial charge in [-0.3, -0.25) is 9.36 Å². The highest BCUT2D eigenvalue weighted by Gasteiger charge is 2.60. The number of benzene rings is 1. The molecule has 0 spiro atoms. The van der Waals surface area contributed by atoms with Gasteiger partial charge in [-0.2, -0.15) is 9.97 Å². The lowest BCUT2D eigenvalue weighted by Crippen LogP contribution is -2.65. The van der Waals surface area contributed by atoms with Gasteiger partial charge in [0.25, 0.3) is 5.91 Å². The predicted octanol–water partition coefficient (Wildman–Crippen LogP) is 6.98. The lowest BCUT2D eigenvalue weighted by atomic mass is 10.2. The lowest BCUT2D eigenvalue weighted by Gasteiger charge is -2.51. The number of halogens is 1. The number of imidazole rings is 1. The highest BCUT2D eigenvalue weighted by atomic mass is 35.5. The van der Waals surface area contributed by atoms with E-state index in [1.807, 2.05) is 10.6 Å². The van der Waals surface area contributed by atoms with Gasteiger partial charge in [0.1, 0.15) is 12.3 Å². The molecule has 1 N–H and O–H groups in total. The van der Waals surface area contributed by atoms with Crippen molar-refractivity contribution in [1.82, 2.24) is 19.5 Å². The molecule has 2 aromatic heterocycles. The zero-order valence-electron chi connectivity index (χ0n) is 25.6. The molecule has 3 aromatic rings. The number of anilines is 1. The van der Waals surface area contributed by atoms with Crippen molar-refractivity contribution in [2.75, 3.05) is 11.9 Å². The van der Waals surface area contributed by atoms with Crippen LogP contribution < -0.4 is 5.32 Å². The SMILES string of the molecule is CC(C)[Si]1(C(C)C)OC[C@H]2O[C@@H](n3cnc4c(NC(=O)c5ccccc5)nc(Cl)nc43)C[C@@H]2O[Si](C(C)C)(C(C)C)O1. The minimum Gasteiger partial charge on any atom is -0.414 e. The van der Waals surface area contributed by atoms with Gasteiger partial charge >= 0.3 is 17.1 Å². The van der Waals surface area contributed by atoms with E-state index in [-0.39, 0.29) is 51.4 Å². The fraction of sp³-hybridized carbons (Fsp3) is 0.586. The van der Waals surface area contributed by atoms with Gasteiger partial charge in [0.15, 0.2) is 17.0 Å². The Morgan fingerprint density at radius 3 is 2.21 bits per heavy atom. The normalized spacial score (nSPS) is 23.9. The average molecular weight is 632 g/mol. The van der Waals surface area contributed by atoms with Crippen LogP contribution in [0.1, 0.15) is 78.4 Å². The first-order valence-electron chi connectivity index (χ1n) is 14.8. The van der Waals surface area contributed by atoms with Crippen LogP contribution in [0.5, 0.6) is 0 Å². The van der Waals surface area contributed by atoms with Crippen molar-refractivity contribution in [2.45, 2.75) is 102 Å². The van der Waals surface area contributed by atoms with E-state index < -0.39 is 23.3 Å². The maximum absolute atomic E-state index is 12.9. The number of amides is 1. The van der Waals surface area contributed by atoms with Gasteiger partial charge in [-0.1, -0.05) is 73.6 Å². The van der Waals surface area contributed by atoms with Crippen molar-refractivity contribution >= 4 is 51.6 Å². The van der Waals surface area contributed by atoms with Crippen molar-refractivity contribution in [2.24, 2.45) is 0 Å². The number of hydrogen-bond acceptors (Lipinski definition) is 8. The average Bonchev–Trinajstić information content (AvgIpc) is 3.52. The third kappa shape index (κ3) is 5.58. The quantitative estimate of drug-likeness (QED) is 0.220. The predicted molar refractivity (Wildman–Crippen MR) is 167 cm³/mol. The molecule has 5 rings (SSSR count). The smallest absolute Gasteiger partial charge is 0.335 e. The largest absolute Gasteiger partial charge is 0.414 e. The molecule has 2 aliphatic heterocycles. The molecule has 2 saturated heterocycles. The summed E-state index contributed by atoms with van der Waals surface area (Å²) in [6.45, 7) is 18.1. The van der Waals surface area contributed by atoms with Crippen LogP contribution >= 0.6 is 11.6 Å². The van der Waals surface area contributed by atoms with Crippen LogP contribution in [0, 0.1) is 0 Å². The molecule has 228 valence electrons. The number of aromatic nitrogens is 4. The number of nitrogens with zero attached hydrogens (tertiary/aromatic N) is 4. The molecule has 0 aliphatic carbocycles. The first-order chi connectivity index (χ1) is 19.9. The first-order valence-corrected chi connectivity index (χ1v) is 19.1. The molecular weight excluding hydrogens is 590 g/mol. The molecule has 3 atom stereocenters. The second-order valence-electron chi connectivity index (χ2n) is 12.5. The van der Waals surface area contributed by atoms with Gasteiger partial charge in [0.05, 0.1) is 19.0 Å². The van der Waals surface area contributed by atoms with Gasteiger partial charge in [-0.25, -0.2) is 4.98 Å². The minimum atomic E-state index is -2.77. The van der Waals surface area contributed by atoms with E-state index in [1.54, 1.807) is 30.6 Å². The van der Waals surface area contributed by atoms with E-state index in [4.69, 9.17) is 29.3 Å². The molecule has 0 bridgehead atoms. The summed E-state index contributed by atoms with van der Waals surface area (Å²) in [5, 5.41) is 2.84. The molecule has 10 nitrogen and oxygen atoms in total. The zero-order chi connectivity index (χ0) is 30.4. The van der Waals surface area contributed by atoms with E-state index >= 15 is 0 Å². The van der Waals surface area contributed by atoms with Crippen molar-refractivity contribution in [1.29, 1.82) is 0 Å². The molecule has 13 heteroatoms. The van der Waals surface area contributed by atoms with E-state index in [1.165, 1.54) is 0 Å². The Morgan fingerprint density at radius 2 is 1.60 bits per heavy atom. The Balaban J connectivity index is 1.48. The molecule has 2 fully saturated rings. The van der Waals surface area contributed by atoms with Crippen LogP contribution in [0.4, 0.5) is 5.82 Å². The Kier molecular flexibility index (Phi) is 8.97. The van der Waals surface area contributed by atoms with Gasteiger partial charge in [0.2, 0.25) is 5.28 Å². The standard InChI is InChI=1S/C29H42ClN5O5Si2/c1-17(2)41(18(3)4)37-15-23-22(39-42(40-41,19(5)6)20(7)8)14-24(38-23)35-16-31-25-26(33-29(30)34-27(25)35)32-28(36)21-12-10-9-11-13-21/h9-13,16-20,22-24H,14-15H2,1-8H3,(H,32,33,34,36)/t22-,23+,24+/m0/s1. The minimum absolute atomic E-state index is 0.000277. The Morgan fingerprint density at radius 1 is 0.952 bits per heavy atom. The van der Waals surface area contributed by atoms with Crippen LogP contribution in [-0.2, 0) is 17.7 Å². The van der Waals surface area contributed by atoms with E-state index in [0.717, 1.165) is 0 Å². The van der Waals surface area contributed by atoms with Gasteiger partial charge in [-0.05, 0) is 45.9 Å². The summed E-state index contributed by atoms with van der Waals surface area (Å²) in [5.74, 6) is -0.0701. The van der Waals surface area contributed by atoms with Crippen LogP contribution in [0.3, 0.4) is 0 Å². The van der Waals surface area contributed by atoms with E-state index in [9.17, 15) is 4.79 Å². The molecule has 0 unspecified atom stereocenters. The second-order valence-corrected chi connectivity index (χ2v) is 21.7. The number of carbonyl (C=O) groups excluding carboxylic acids is 1. The van der Waals surface area contributed by atoms with Crippen molar-refractivity contribution in [3.8, 4) is 0 Å². The van der Waals surface area contributed by atoms with Crippen molar-refractivity contribution < 1.29 is 22.5 Å². The van der Waals surface area contributed by atoms with Crippen LogP contribution in [0.15, 0.2) is 36.7 Å². The van der Waals surface area contributed by atoms with Gasteiger partial charge < -0.3 is 23.0 Å². The molecule has 0 saturated carbocycles. The third-order valence-corrected chi connectivity index (χ3v) is 18.9. The number of ether oxygens (including phenoxy) is 1. The summed E-state index contributed by atoms with van der Waals surface area (Å²) in [6.07, 6.45) is 1.31. The summed E-state index contributed by atoms with van der Waals surface area (Å²) in [4.78, 5) is 26.2. The number of rotatable bonds is 7. The highest BCUT2D eigenvalue weighted by Crippen LogP contribution is 2.48. The summed E-state index contributed by atoms with van der Waals surface area (Å²) in [7, 11) is -5.44. The van der Waals surface area contributed by atoms with Crippen LogP contribution in [0.25, 0.3) is 11.2 Å². The Bertz CT molecular complexity index is 1400. The van der Waals surface area contributed by atoms with Crippen LogP contribution in [0.2, 0.25) is 27.4 Å². The molecule has 4 heterocycles. The van der Waals surface area contributed by atoms with Crippen LogP contribution in [-0.4, -0.2) is 61.4 Å². The monoisotopic (exact) mass is 631 g/mol. The summed E-state index contributed by atoms with van der Waals surface area (Å²) in [5.41, 5.74) is 2.34. The van der Waals surface area contributed by atoms with Crippen molar-refractivity contribution in [3.05, 3.63) is 47.5 Å². The maximum atomic E-state index is 12.9. The summed E-state index contributed by atoms with van der Waals surface area (Å²) < 4.78 is 29.8. The summed E-state index contributed by atoms with van der Waals surface area (Å²) in [6, 6.07) is 8.91. The molecule has 1 amide bonds. The number of fused-ring (bicyclic) bond motifs is 2. The number of hydrogen-bond donors (Lipinski definition) is 1. The molecule has 2 aliphatic rings. The molecule has 1 aromatic carbocycles. The molecule has 42 heavy (non-hydrogen) atoms. The fourth-order valence-corrected chi connectivity index (χ4v) is 17.6. The zero-order valence-corrected chi connectivity index (χ0v) is 28.4. The van der Waals surface area contributed by atoms with E-state index in [0.29, 0.717) is 29.8 Å². The molecule has 0 radical (unpaired) electrons. The Hall–Kier alpha value is -2.20. The highest BCUT2D eigenvalue weighted by molar-refractivity contribution is 6.84. The fourth-order valence-electron chi connectivity index (χ4n) is 6.26. The van der Waals surface area contributed by atoms with Gasteiger partial charge in [0, 0.05) is 12.0 Å². The summed E-state index contributed by atoms with van der Waals surface area (Å²) >= 11 is 6.35. The topological polar surface area (TPSA) is 110 Å². The Labute approximate surface area is 255 Å². The molecular formula is C29H42ClN5O5Si2. The second kappa shape index (κ2) is 12.1. The third-order valence-electron chi connectivity index (χ3n) is 8.50. The lowest BCUT2D eigenvalue weighted by molar-refractivity contribution is -0.0544. The number of nitrogens with one attached hydrogen (secondary N) is 1. The first kappa shape index (κ1) is 31.2. The van der Waals surface area contributed by atoms with E-state index in [2.05, 4.69) is 75.7 Å². The number of carbonyl (C=O) groups is 1.